The number of hydrogen-bond donors (Lipinski definition) is 1. The molecule has 1 N–H and O–H groups in total. The van der Waals surface area contributed by atoms with E-state index in [2.05, 4.69) is 0 Å². The molecule has 3 rings (SSSR count). The van der Waals surface area contributed by atoms with Crippen LogP contribution in [0.2, 0.25) is 0 Å². The summed E-state index contributed by atoms with van der Waals surface area (Å²) in [6.07, 6.45) is 0.605. The zero-order valence-corrected chi connectivity index (χ0v) is 12.4. The Balaban J connectivity index is 1.86. The van der Waals surface area contributed by atoms with Crippen molar-refractivity contribution in [2.75, 3.05) is 27.2 Å². The molecule has 1 fully saturated rings. The van der Waals surface area contributed by atoms with Crippen molar-refractivity contribution >= 4 is 11.7 Å². The first-order valence-electron chi connectivity index (χ1n) is 7.28. The van der Waals surface area contributed by atoms with E-state index < -0.39 is 6.10 Å². The van der Waals surface area contributed by atoms with E-state index in [1.165, 1.54) is 0 Å². The molecule has 1 aliphatic carbocycles. The van der Waals surface area contributed by atoms with E-state index in [4.69, 9.17) is 0 Å². The summed E-state index contributed by atoms with van der Waals surface area (Å²) in [6, 6.07) is 5.32. The van der Waals surface area contributed by atoms with E-state index in [-0.39, 0.29) is 17.7 Å². The maximum atomic E-state index is 12.7. The molecule has 1 amide bonds. The van der Waals surface area contributed by atoms with Crippen LogP contribution < -0.4 is 0 Å². The summed E-state index contributed by atoms with van der Waals surface area (Å²) in [5.74, 6) is 0.0391. The lowest BCUT2D eigenvalue weighted by molar-refractivity contribution is 0.0763. The van der Waals surface area contributed by atoms with Crippen LogP contribution >= 0.6 is 0 Å². The lowest BCUT2D eigenvalue weighted by atomic mass is 10.0. The smallest absolute Gasteiger partial charge is 0.254 e. The van der Waals surface area contributed by atoms with Gasteiger partial charge in [0.05, 0.1) is 12.1 Å². The van der Waals surface area contributed by atoms with Crippen LogP contribution in [0.25, 0.3) is 0 Å². The average molecular weight is 288 g/mol. The molecule has 0 radical (unpaired) electrons. The van der Waals surface area contributed by atoms with Gasteiger partial charge in [0.2, 0.25) is 0 Å². The molecule has 1 heterocycles. The monoisotopic (exact) mass is 288 g/mol. The summed E-state index contributed by atoms with van der Waals surface area (Å²) >= 11 is 0. The van der Waals surface area contributed by atoms with Gasteiger partial charge in [0, 0.05) is 30.6 Å². The summed E-state index contributed by atoms with van der Waals surface area (Å²) in [5.41, 5.74) is 2.17. The largest absolute Gasteiger partial charge is 0.390 e. The van der Waals surface area contributed by atoms with Crippen LogP contribution in [-0.2, 0) is 6.42 Å². The minimum absolute atomic E-state index is 0.0349. The minimum Gasteiger partial charge on any atom is -0.390 e. The summed E-state index contributed by atoms with van der Waals surface area (Å²) in [4.78, 5) is 28.1. The molecule has 0 saturated carbocycles. The van der Waals surface area contributed by atoms with Gasteiger partial charge in [0.25, 0.3) is 5.91 Å². The number of likely N-dealkylation sites (tertiary alicyclic amines) is 1. The van der Waals surface area contributed by atoms with Crippen molar-refractivity contribution < 1.29 is 14.7 Å². The quantitative estimate of drug-likeness (QED) is 0.864. The Morgan fingerprint density at radius 1 is 1.29 bits per heavy atom. The number of ketones is 1. The van der Waals surface area contributed by atoms with Crippen LogP contribution in [0.4, 0.5) is 0 Å². The summed E-state index contributed by atoms with van der Waals surface area (Å²) in [7, 11) is 3.81. The molecule has 1 aliphatic heterocycles. The van der Waals surface area contributed by atoms with Crippen molar-refractivity contribution in [2.45, 2.75) is 25.0 Å². The topological polar surface area (TPSA) is 60.9 Å². The van der Waals surface area contributed by atoms with Gasteiger partial charge in [-0.25, -0.2) is 0 Å². The number of β-amino-alcohol motifs (C(OH)–C–C–N with tert-alkyl or cyclic N) is 1. The summed E-state index contributed by atoms with van der Waals surface area (Å²) in [5, 5.41) is 10.1. The third-order valence-electron chi connectivity index (χ3n) is 4.52. The first-order chi connectivity index (χ1) is 9.99. The van der Waals surface area contributed by atoms with Gasteiger partial charge in [-0.2, -0.15) is 0 Å². The number of nitrogens with zero attached hydrogens (tertiary/aromatic N) is 2. The minimum atomic E-state index is -0.526. The Morgan fingerprint density at radius 3 is 2.71 bits per heavy atom. The fourth-order valence-corrected chi connectivity index (χ4v) is 3.30. The first kappa shape index (κ1) is 14.2. The summed E-state index contributed by atoms with van der Waals surface area (Å²) in [6.45, 7) is 0.865. The van der Waals surface area contributed by atoms with Crippen molar-refractivity contribution in [3.63, 3.8) is 0 Å². The molecule has 0 unspecified atom stereocenters. The Kier molecular flexibility index (Phi) is 3.55. The first-order valence-corrected chi connectivity index (χ1v) is 7.28. The van der Waals surface area contributed by atoms with Gasteiger partial charge in [-0.05, 0) is 32.1 Å². The van der Waals surface area contributed by atoms with Crippen LogP contribution in [-0.4, -0.2) is 65.9 Å². The van der Waals surface area contributed by atoms with Crippen LogP contribution in [0.5, 0.6) is 0 Å². The average Bonchev–Trinajstić information content (AvgIpc) is 3.02. The van der Waals surface area contributed by atoms with E-state index >= 15 is 0 Å². The molecule has 0 aromatic heterocycles. The highest BCUT2D eigenvalue weighted by Crippen LogP contribution is 2.27. The van der Waals surface area contributed by atoms with Crippen molar-refractivity contribution in [2.24, 2.45) is 0 Å². The molecule has 1 saturated heterocycles. The van der Waals surface area contributed by atoms with Crippen LogP contribution in [0.3, 0.4) is 0 Å². The fraction of sp³-hybridized carbons (Fsp3) is 0.500. The summed E-state index contributed by atoms with van der Waals surface area (Å²) < 4.78 is 0. The molecule has 0 spiro atoms. The highest BCUT2D eigenvalue weighted by Gasteiger charge is 2.36. The number of rotatable bonds is 2. The second-order valence-corrected chi connectivity index (χ2v) is 6.06. The molecule has 2 aliphatic rings. The third kappa shape index (κ3) is 2.36. The molecular weight excluding hydrogens is 268 g/mol. The Bertz CT molecular complexity index is 597. The van der Waals surface area contributed by atoms with Gasteiger partial charge >= 0.3 is 0 Å². The standard InChI is InChI=1S/C16H20N2O3/c1-17(2)13-8-18(9-15(13)20)16(21)12-5-3-4-11-10(12)6-7-14(11)19/h3-5,13,15,20H,6-9H2,1-2H3/t13-,15-/m0/s1. The van der Waals surface area contributed by atoms with Gasteiger partial charge in [0.1, 0.15) is 0 Å². The number of likely N-dealkylation sites (N-methyl/N-ethyl adjacent to an activating group) is 1. The molecule has 0 bridgehead atoms. The van der Waals surface area contributed by atoms with Crippen LogP contribution in [0.15, 0.2) is 18.2 Å². The molecule has 5 heteroatoms. The van der Waals surface area contributed by atoms with Crippen LogP contribution in [0.1, 0.15) is 32.7 Å². The molecule has 2 atom stereocenters. The molecule has 112 valence electrons. The number of aliphatic hydroxyl groups is 1. The Hall–Kier alpha value is -1.72. The fourth-order valence-electron chi connectivity index (χ4n) is 3.30. The Morgan fingerprint density at radius 2 is 2.05 bits per heavy atom. The number of hydrogen-bond acceptors (Lipinski definition) is 4. The van der Waals surface area contributed by atoms with E-state index in [1.54, 1.807) is 23.1 Å². The zero-order chi connectivity index (χ0) is 15.1. The lowest BCUT2D eigenvalue weighted by Crippen LogP contribution is -2.38. The highest BCUT2D eigenvalue weighted by atomic mass is 16.3. The second kappa shape index (κ2) is 5.24. The highest BCUT2D eigenvalue weighted by molar-refractivity contribution is 6.05. The van der Waals surface area contributed by atoms with Gasteiger partial charge in [-0.15, -0.1) is 0 Å². The Labute approximate surface area is 124 Å². The van der Waals surface area contributed by atoms with Gasteiger partial charge in [-0.3, -0.25) is 9.59 Å². The van der Waals surface area contributed by atoms with Crippen molar-refractivity contribution in [1.82, 2.24) is 9.80 Å². The second-order valence-electron chi connectivity index (χ2n) is 6.06. The normalized spacial score (nSPS) is 24.8. The third-order valence-corrected chi connectivity index (χ3v) is 4.52. The number of carbonyl (C=O) groups excluding carboxylic acids is 2. The molecular formula is C16H20N2O3. The predicted octanol–water partition coefficient (Wildman–Crippen LogP) is 0.562. The van der Waals surface area contributed by atoms with Crippen molar-refractivity contribution in [3.05, 3.63) is 34.9 Å². The maximum Gasteiger partial charge on any atom is 0.254 e. The molecule has 1 aromatic rings. The number of aliphatic hydroxyl groups excluding tert-OH is 1. The SMILES string of the molecule is CN(C)[C@H]1CN(C(=O)c2cccc3c2CCC3=O)C[C@@H]1O. The van der Waals surface area contributed by atoms with E-state index in [9.17, 15) is 14.7 Å². The van der Waals surface area contributed by atoms with Crippen LogP contribution in [0, 0.1) is 0 Å². The van der Waals surface area contributed by atoms with Gasteiger partial charge in [-0.1, -0.05) is 12.1 Å². The number of amides is 1. The number of carbonyl (C=O) groups is 2. The number of fused-ring (bicyclic) bond motifs is 1. The van der Waals surface area contributed by atoms with Crippen molar-refractivity contribution in [3.8, 4) is 0 Å². The van der Waals surface area contributed by atoms with E-state index in [0.717, 1.165) is 5.56 Å². The van der Waals surface area contributed by atoms with E-state index in [0.29, 0.717) is 37.1 Å². The molecule has 1 aromatic carbocycles. The van der Waals surface area contributed by atoms with Gasteiger partial charge in [0.15, 0.2) is 5.78 Å². The number of Topliss-reactive ketones (excluding diaryl/α,β-unsaturated/α-hetero) is 1. The van der Waals surface area contributed by atoms with Crippen molar-refractivity contribution in [1.29, 1.82) is 0 Å². The lowest BCUT2D eigenvalue weighted by Gasteiger charge is -2.22. The molecule has 21 heavy (non-hydrogen) atoms. The number of benzene rings is 1. The predicted molar refractivity (Wildman–Crippen MR) is 78.5 cm³/mol. The van der Waals surface area contributed by atoms with E-state index in [1.807, 2.05) is 19.0 Å². The molecule has 5 nitrogen and oxygen atoms in total. The zero-order valence-electron chi connectivity index (χ0n) is 12.4. The maximum absolute atomic E-state index is 12.7. The van der Waals surface area contributed by atoms with Gasteiger partial charge < -0.3 is 14.9 Å².